The second-order valence-corrected chi connectivity index (χ2v) is 2.82. The van der Waals surface area contributed by atoms with E-state index in [0.717, 1.165) is 29.9 Å². The number of nitrogen functional groups attached to an aromatic ring is 2. The van der Waals surface area contributed by atoms with Gasteiger partial charge in [0, 0.05) is 16.9 Å². The van der Waals surface area contributed by atoms with Gasteiger partial charge >= 0.3 is 0 Å². The number of rotatable bonds is 0. The lowest BCUT2D eigenvalue weighted by Gasteiger charge is -2.11. The molecule has 1 aromatic rings. The van der Waals surface area contributed by atoms with E-state index < -0.39 is 0 Å². The molecule has 1 heterocycles. The predicted octanol–water partition coefficient (Wildman–Crippen LogP) is 1.49. The topological polar surface area (TPSA) is 76.8 Å². The summed E-state index contributed by atoms with van der Waals surface area (Å²) in [4.78, 5) is 0. The molecule has 4 N–H and O–H groups in total. The first-order valence-corrected chi connectivity index (χ1v) is 3.83. The van der Waals surface area contributed by atoms with Crippen LogP contribution in [0.2, 0.25) is 0 Å². The Kier molecular flexibility index (Phi) is 1.46. The number of benzene rings is 1. The highest BCUT2D eigenvalue weighted by atomic mass is 15.1. The standard InChI is InChI=1S/C8H10N4/c9-5-3-7(10)6-1-2-11-12-8(6)4-5/h3-4H,1-2,9-10H2. The van der Waals surface area contributed by atoms with Crippen LogP contribution in [-0.4, -0.2) is 6.54 Å². The van der Waals surface area contributed by atoms with Crippen LogP contribution in [0.3, 0.4) is 0 Å². The normalized spacial score (nSPS) is 14.3. The van der Waals surface area contributed by atoms with Crippen LogP contribution in [0, 0.1) is 0 Å². The second-order valence-electron chi connectivity index (χ2n) is 2.82. The number of nitrogens with zero attached hydrogens (tertiary/aromatic N) is 2. The first-order valence-electron chi connectivity index (χ1n) is 3.83. The van der Waals surface area contributed by atoms with E-state index in [9.17, 15) is 0 Å². The molecule has 0 radical (unpaired) electrons. The Morgan fingerprint density at radius 3 is 2.92 bits per heavy atom. The summed E-state index contributed by atoms with van der Waals surface area (Å²) in [6, 6.07) is 3.56. The fourth-order valence-electron chi connectivity index (χ4n) is 1.35. The Bertz CT molecular complexity index is 343. The molecule has 0 fully saturated rings. The van der Waals surface area contributed by atoms with Gasteiger partial charge in [-0.25, -0.2) is 0 Å². The van der Waals surface area contributed by atoms with Gasteiger partial charge in [-0.15, -0.1) is 0 Å². The highest BCUT2D eigenvalue weighted by molar-refractivity contribution is 5.68. The van der Waals surface area contributed by atoms with E-state index in [4.69, 9.17) is 11.5 Å². The first kappa shape index (κ1) is 7.09. The molecular formula is C8H10N4. The van der Waals surface area contributed by atoms with Crippen LogP contribution < -0.4 is 11.5 Å². The third-order valence-electron chi connectivity index (χ3n) is 1.92. The van der Waals surface area contributed by atoms with Gasteiger partial charge in [0.25, 0.3) is 0 Å². The van der Waals surface area contributed by atoms with Gasteiger partial charge in [0.2, 0.25) is 0 Å². The summed E-state index contributed by atoms with van der Waals surface area (Å²) in [7, 11) is 0. The highest BCUT2D eigenvalue weighted by Gasteiger charge is 2.10. The molecule has 0 amide bonds. The molecule has 1 aromatic carbocycles. The van der Waals surface area contributed by atoms with Gasteiger partial charge in [-0.05, 0) is 18.6 Å². The zero-order chi connectivity index (χ0) is 8.55. The van der Waals surface area contributed by atoms with Crippen LogP contribution in [0.1, 0.15) is 5.56 Å². The Labute approximate surface area is 70.3 Å². The molecular weight excluding hydrogens is 152 g/mol. The first-order chi connectivity index (χ1) is 5.77. The van der Waals surface area contributed by atoms with Crippen molar-refractivity contribution in [1.29, 1.82) is 0 Å². The van der Waals surface area contributed by atoms with Gasteiger partial charge in [0.1, 0.15) is 0 Å². The minimum absolute atomic E-state index is 0.645. The minimum atomic E-state index is 0.645. The number of nitrogens with two attached hydrogens (primary N) is 2. The lowest BCUT2D eigenvalue weighted by Crippen LogP contribution is -2.01. The number of azo groups is 1. The van der Waals surface area contributed by atoms with Crippen LogP contribution in [0.5, 0.6) is 0 Å². The Morgan fingerprint density at radius 2 is 2.08 bits per heavy atom. The van der Waals surface area contributed by atoms with Crippen LogP contribution >= 0.6 is 0 Å². The lowest BCUT2D eigenvalue weighted by atomic mass is 10.1. The predicted molar refractivity (Wildman–Crippen MR) is 48.4 cm³/mol. The zero-order valence-electron chi connectivity index (χ0n) is 6.62. The quantitative estimate of drug-likeness (QED) is 0.567. The van der Waals surface area contributed by atoms with E-state index >= 15 is 0 Å². The number of anilines is 2. The molecule has 0 bridgehead atoms. The third kappa shape index (κ3) is 1.01. The van der Waals surface area contributed by atoms with Gasteiger partial charge in [-0.2, -0.15) is 10.2 Å². The van der Waals surface area contributed by atoms with Crippen molar-refractivity contribution in [1.82, 2.24) is 0 Å². The molecule has 0 aliphatic carbocycles. The van der Waals surface area contributed by atoms with Crippen molar-refractivity contribution in [2.75, 3.05) is 18.0 Å². The molecule has 0 spiro atoms. The molecule has 4 nitrogen and oxygen atoms in total. The summed E-state index contributed by atoms with van der Waals surface area (Å²) in [6.45, 7) is 0.723. The second kappa shape index (κ2) is 2.48. The van der Waals surface area contributed by atoms with Crippen molar-refractivity contribution in [2.24, 2.45) is 10.2 Å². The smallest absolute Gasteiger partial charge is 0.0926 e. The Balaban J connectivity index is 2.62. The number of fused-ring (bicyclic) bond motifs is 1. The maximum Gasteiger partial charge on any atom is 0.0926 e. The maximum atomic E-state index is 5.76. The van der Waals surface area contributed by atoms with Crippen molar-refractivity contribution >= 4 is 17.1 Å². The van der Waals surface area contributed by atoms with E-state index in [1.54, 1.807) is 12.1 Å². The average molecular weight is 162 g/mol. The van der Waals surface area contributed by atoms with Crippen LogP contribution in [0.15, 0.2) is 22.4 Å². The average Bonchev–Trinajstić information content (AvgIpc) is 2.04. The molecule has 12 heavy (non-hydrogen) atoms. The van der Waals surface area contributed by atoms with Crippen molar-refractivity contribution in [3.63, 3.8) is 0 Å². The van der Waals surface area contributed by atoms with Crippen molar-refractivity contribution in [2.45, 2.75) is 6.42 Å². The lowest BCUT2D eigenvalue weighted by molar-refractivity contribution is 0.865. The minimum Gasteiger partial charge on any atom is -0.399 e. The molecule has 0 aromatic heterocycles. The molecule has 1 aliphatic heterocycles. The largest absolute Gasteiger partial charge is 0.399 e. The molecule has 0 saturated carbocycles. The fraction of sp³-hybridized carbons (Fsp3) is 0.250. The van der Waals surface area contributed by atoms with E-state index in [0.29, 0.717) is 5.69 Å². The third-order valence-corrected chi connectivity index (χ3v) is 1.92. The maximum absolute atomic E-state index is 5.76. The van der Waals surface area contributed by atoms with Gasteiger partial charge in [0.05, 0.1) is 12.2 Å². The van der Waals surface area contributed by atoms with Gasteiger partial charge in [0.15, 0.2) is 0 Å². The van der Waals surface area contributed by atoms with Crippen molar-refractivity contribution in [3.05, 3.63) is 17.7 Å². The van der Waals surface area contributed by atoms with E-state index in [1.807, 2.05) is 0 Å². The van der Waals surface area contributed by atoms with Crippen LogP contribution in [0.4, 0.5) is 17.1 Å². The van der Waals surface area contributed by atoms with E-state index in [1.165, 1.54) is 0 Å². The fourth-order valence-corrected chi connectivity index (χ4v) is 1.35. The summed E-state index contributed by atoms with van der Waals surface area (Å²) >= 11 is 0. The summed E-state index contributed by atoms with van der Waals surface area (Å²) in [6.07, 6.45) is 0.866. The molecule has 0 unspecified atom stereocenters. The summed E-state index contributed by atoms with van der Waals surface area (Å²) in [5.41, 5.74) is 14.6. The SMILES string of the molecule is Nc1cc(N)c2c(c1)N=NCC2. The van der Waals surface area contributed by atoms with Gasteiger partial charge < -0.3 is 11.5 Å². The van der Waals surface area contributed by atoms with Crippen molar-refractivity contribution in [3.8, 4) is 0 Å². The molecule has 1 aliphatic rings. The highest BCUT2D eigenvalue weighted by Crippen LogP contribution is 2.31. The van der Waals surface area contributed by atoms with E-state index in [-0.39, 0.29) is 0 Å². The Morgan fingerprint density at radius 1 is 1.25 bits per heavy atom. The Hall–Kier alpha value is -1.58. The monoisotopic (exact) mass is 162 g/mol. The summed E-state index contributed by atoms with van der Waals surface area (Å²) in [5.74, 6) is 0. The molecule has 4 heteroatoms. The van der Waals surface area contributed by atoms with Crippen LogP contribution in [0.25, 0.3) is 0 Å². The zero-order valence-corrected chi connectivity index (χ0v) is 6.62. The number of hydrogen-bond acceptors (Lipinski definition) is 4. The molecule has 2 rings (SSSR count). The van der Waals surface area contributed by atoms with Crippen LogP contribution in [-0.2, 0) is 6.42 Å². The summed E-state index contributed by atoms with van der Waals surface area (Å²) in [5, 5.41) is 7.89. The van der Waals surface area contributed by atoms with Crippen molar-refractivity contribution < 1.29 is 0 Å². The van der Waals surface area contributed by atoms with Gasteiger partial charge in [-0.1, -0.05) is 0 Å². The van der Waals surface area contributed by atoms with Gasteiger partial charge in [-0.3, -0.25) is 0 Å². The number of hydrogen-bond donors (Lipinski definition) is 2. The summed E-state index contributed by atoms with van der Waals surface area (Å²) < 4.78 is 0. The molecule has 62 valence electrons. The molecule has 0 saturated heterocycles. The van der Waals surface area contributed by atoms with E-state index in [2.05, 4.69) is 10.2 Å². The molecule has 0 atom stereocenters.